The van der Waals surface area contributed by atoms with E-state index in [1.807, 2.05) is 12.1 Å². The first kappa shape index (κ1) is 28.4. The standard InChI is InChI=1S/C26H34O9/c27-25(23-7-3-1-4-8-23)34-21-19-32-17-15-30-13-11-29-12-14-31-16-18-33-20-22-35-26(28)24-9-5-2-6-10-24/h1-10H,11-22H2. The third-order valence-electron chi connectivity index (χ3n) is 4.43. The fourth-order valence-corrected chi connectivity index (χ4v) is 2.68. The molecular formula is C26H34O9. The molecule has 2 aromatic carbocycles. The van der Waals surface area contributed by atoms with Crippen molar-refractivity contribution in [3.63, 3.8) is 0 Å². The van der Waals surface area contributed by atoms with Gasteiger partial charge in [-0.05, 0) is 24.3 Å². The molecule has 0 atom stereocenters. The van der Waals surface area contributed by atoms with Gasteiger partial charge in [-0.3, -0.25) is 0 Å². The van der Waals surface area contributed by atoms with E-state index in [9.17, 15) is 9.59 Å². The molecule has 0 unspecified atom stereocenters. The Hall–Kier alpha value is -2.82. The summed E-state index contributed by atoms with van der Waals surface area (Å²) in [6, 6.07) is 17.7. The highest BCUT2D eigenvalue weighted by atomic mass is 16.6. The Bertz CT molecular complexity index is 731. The van der Waals surface area contributed by atoms with Crippen molar-refractivity contribution in [2.75, 3.05) is 79.3 Å². The van der Waals surface area contributed by atoms with Gasteiger partial charge in [-0.25, -0.2) is 9.59 Å². The first-order valence-corrected chi connectivity index (χ1v) is 11.6. The first-order valence-electron chi connectivity index (χ1n) is 11.6. The summed E-state index contributed by atoms with van der Waals surface area (Å²) in [5.74, 6) is -0.721. The number of carbonyl (C=O) groups excluding carboxylic acids is 2. The molecule has 0 heterocycles. The second-order valence-electron chi connectivity index (χ2n) is 7.07. The van der Waals surface area contributed by atoms with Crippen molar-refractivity contribution in [2.24, 2.45) is 0 Å². The van der Waals surface area contributed by atoms with Crippen LogP contribution < -0.4 is 0 Å². The monoisotopic (exact) mass is 490 g/mol. The zero-order chi connectivity index (χ0) is 24.8. The zero-order valence-corrected chi connectivity index (χ0v) is 19.9. The molecule has 0 aliphatic carbocycles. The average molecular weight is 491 g/mol. The van der Waals surface area contributed by atoms with Gasteiger partial charge in [0.15, 0.2) is 0 Å². The van der Waals surface area contributed by atoms with Gasteiger partial charge in [-0.2, -0.15) is 0 Å². The van der Waals surface area contributed by atoms with Gasteiger partial charge in [0.25, 0.3) is 0 Å². The van der Waals surface area contributed by atoms with Crippen molar-refractivity contribution < 1.29 is 42.7 Å². The van der Waals surface area contributed by atoms with E-state index in [1.54, 1.807) is 48.5 Å². The highest BCUT2D eigenvalue weighted by molar-refractivity contribution is 5.89. The number of ether oxygens (including phenoxy) is 7. The molecule has 0 radical (unpaired) electrons. The van der Waals surface area contributed by atoms with Crippen LogP contribution >= 0.6 is 0 Å². The van der Waals surface area contributed by atoms with Gasteiger partial charge in [0.1, 0.15) is 13.2 Å². The minimum atomic E-state index is -0.360. The van der Waals surface area contributed by atoms with Crippen molar-refractivity contribution in [3.05, 3.63) is 71.8 Å². The van der Waals surface area contributed by atoms with E-state index >= 15 is 0 Å². The summed E-state index contributed by atoms with van der Waals surface area (Å²) in [6.45, 7) is 4.56. The van der Waals surface area contributed by atoms with Gasteiger partial charge >= 0.3 is 11.9 Å². The van der Waals surface area contributed by atoms with Crippen LogP contribution in [0, 0.1) is 0 Å². The van der Waals surface area contributed by atoms with Crippen LogP contribution in [0.5, 0.6) is 0 Å². The third kappa shape index (κ3) is 14.2. The number of benzene rings is 2. The van der Waals surface area contributed by atoms with Gasteiger partial charge in [-0.1, -0.05) is 36.4 Å². The van der Waals surface area contributed by atoms with E-state index in [0.717, 1.165) is 0 Å². The maximum Gasteiger partial charge on any atom is 0.338 e. The van der Waals surface area contributed by atoms with Crippen LogP contribution in [0.2, 0.25) is 0 Å². The summed E-state index contributed by atoms with van der Waals surface area (Å²) in [4.78, 5) is 23.5. The molecule has 0 bridgehead atoms. The highest BCUT2D eigenvalue weighted by Gasteiger charge is 2.06. The van der Waals surface area contributed by atoms with Crippen molar-refractivity contribution in [2.45, 2.75) is 0 Å². The summed E-state index contributed by atoms with van der Waals surface area (Å²) in [6.07, 6.45) is 0. The van der Waals surface area contributed by atoms with Gasteiger partial charge in [-0.15, -0.1) is 0 Å². The average Bonchev–Trinajstić information content (AvgIpc) is 2.90. The molecule has 0 amide bonds. The molecule has 35 heavy (non-hydrogen) atoms. The smallest absolute Gasteiger partial charge is 0.338 e. The van der Waals surface area contributed by atoms with Crippen molar-refractivity contribution in [1.29, 1.82) is 0 Å². The maximum absolute atomic E-state index is 11.7. The van der Waals surface area contributed by atoms with Crippen LogP contribution in [0.4, 0.5) is 0 Å². The molecule has 0 aliphatic heterocycles. The SMILES string of the molecule is O=C(OCCOCCOCCOCCOCCOCCOC(=O)c1ccccc1)c1ccccc1. The number of hydrogen-bond donors (Lipinski definition) is 0. The number of esters is 2. The lowest BCUT2D eigenvalue weighted by Crippen LogP contribution is -2.15. The fourth-order valence-electron chi connectivity index (χ4n) is 2.68. The Morgan fingerprint density at radius 1 is 0.400 bits per heavy atom. The van der Waals surface area contributed by atoms with Crippen LogP contribution in [0.1, 0.15) is 20.7 Å². The molecule has 0 spiro atoms. The van der Waals surface area contributed by atoms with Crippen molar-refractivity contribution in [3.8, 4) is 0 Å². The summed E-state index contributed by atoms with van der Waals surface area (Å²) < 4.78 is 37.2. The molecule has 0 aliphatic rings. The van der Waals surface area contributed by atoms with E-state index in [0.29, 0.717) is 77.2 Å². The normalized spacial score (nSPS) is 10.7. The van der Waals surface area contributed by atoms with E-state index in [-0.39, 0.29) is 25.2 Å². The van der Waals surface area contributed by atoms with Crippen molar-refractivity contribution >= 4 is 11.9 Å². The molecule has 0 aromatic heterocycles. The van der Waals surface area contributed by atoms with E-state index < -0.39 is 0 Å². The summed E-state index contributed by atoms with van der Waals surface area (Å²) in [5.41, 5.74) is 1.04. The summed E-state index contributed by atoms with van der Waals surface area (Å²) >= 11 is 0. The molecule has 0 N–H and O–H groups in total. The van der Waals surface area contributed by atoms with Gasteiger partial charge in [0, 0.05) is 0 Å². The van der Waals surface area contributed by atoms with E-state index in [1.165, 1.54) is 0 Å². The molecule has 0 saturated carbocycles. The van der Waals surface area contributed by atoms with Gasteiger partial charge < -0.3 is 33.2 Å². The van der Waals surface area contributed by atoms with Crippen molar-refractivity contribution in [1.82, 2.24) is 0 Å². The molecular weight excluding hydrogens is 456 g/mol. The highest BCUT2D eigenvalue weighted by Crippen LogP contribution is 2.01. The summed E-state index contributed by atoms with van der Waals surface area (Å²) in [5, 5.41) is 0. The predicted molar refractivity (Wildman–Crippen MR) is 128 cm³/mol. The molecule has 2 aromatic rings. The Morgan fingerprint density at radius 2 is 0.657 bits per heavy atom. The Labute approximate surface area is 206 Å². The molecule has 0 fully saturated rings. The minimum Gasteiger partial charge on any atom is -0.460 e. The second-order valence-corrected chi connectivity index (χ2v) is 7.07. The molecule has 9 heteroatoms. The topological polar surface area (TPSA) is 98.8 Å². The largest absolute Gasteiger partial charge is 0.460 e. The Balaban J connectivity index is 1.25. The lowest BCUT2D eigenvalue weighted by molar-refractivity contribution is -0.0180. The first-order chi connectivity index (χ1) is 17.3. The number of carbonyl (C=O) groups is 2. The molecule has 2 rings (SSSR count). The molecule has 0 saturated heterocycles. The molecule has 192 valence electrons. The second kappa shape index (κ2) is 19.5. The van der Waals surface area contributed by atoms with Crippen LogP contribution in [0.25, 0.3) is 0 Å². The zero-order valence-electron chi connectivity index (χ0n) is 19.9. The van der Waals surface area contributed by atoms with Crippen LogP contribution in [0.3, 0.4) is 0 Å². The molecule has 9 nitrogen and oxygen atoms in total. The van der Waals surface area contributed by atoms with Gasteiger partial charge in [0.05, 0.1) is 77.2 Å². The summed E-state index contributed by atoms with van der Waals surface area (Å²) in [7, 11) is 0. The quantitative estimate of drug-likeness (QED) is 0.205. The lowest BCUT2D eigenvalue weighted by Gasteiger charge is -2.08. The minimum absolute atomic E-state index is 0.198. The Morgan fingerprint density at radius 3 is 0.943 bits per heavy atom. The maximum atomic E-state index is 11.7. The fraction of sp³-hybridized carbons (Fsp3) is 0.462. The lowest BCUT2D eigenvalue weighted by atomic mass is 10.2. The predicted octanol–water partition coefficient (Wildman–Crippen LogP) is 2.78. The number of hydrogen-bond acceptors (Lipinski definition) is 9. The third-order valence-corrected chi connectivity index (χ3v) is 4.43. The van der Waals surface area contributed by atoms with E-state index in [4.69, 9.17) is 33.2 Å². The van der Waals surface area contributed by atoms with Crippen LogP contribution in [-0.4, -0.2) is 91.2 Å². The number of rotatable bonds is 20. The van der Waals surface area contributed by atoms with Crippen LogP contribution in [0.15, 0.2) is 60.7 Å². The van der Waals surface area contributed by atoms with E-state index in [2.05, 4.69) is 0 Å². The van der Waals surface area contributed by atoms with Crippen LogP contribution in [-0.2, 0) is 33.2 Å². The van der Waals surface area contributed by atoms with Gasteiger partial charge in [0.2, 0.25) is 0 Å². The Kier molecular flexibility index (Phi) is 15.8.